The Hall–Kier alpha value is -1.84. The Labute approximate surface area is 120 Å². The number of carboxylic acids is 1. The minimum Gasteiger partial charge on any atom is -0.481 e. The smallest absolute Gasteiger partial charge is 0.303 e. The van der Waals surface area contributed by atoms with Gasteiger partial charge in [0.2, 0.25) is 5.91 Å². The highest BCUT2D eigenvalue weighted by atomic mass is 16.4. The quantitative estimate of drug-likeness (QED) is 0.833. The average Bonchev–Trinajstić information content (AvgIpc) is 2.35. The molecule has 0 aliphatic carbocycles. The summed E-state index contributed by atoms with van der Waals surface area (Å²) in [5.41, 5.74) is 1.08. The van der Waals surface area contributed by atoms with Crippen LogP contribution in [0.1, 0.15) is 39.2 Å². The molecule has 0 bridgehead atoms. The van der Waals surface area contributed by atoms with Gasteiger partial charge >= 0.3 is 5.97 Å². The molecule has 0 saturated heterocycles. The lowest BCUT2D eigenvalue weighted by atomic mass is 10.0. The first-order valence-electron chi connectivity index (χ1n) is 6.95. The van der Waals surface area contributed by atoms with Crippen molar-refractivity contribution in [3.8, 4) is 0 Å². The minimum atomic E-state index is -0.857. The van der Waals surface area contributed by atoms with Gasteiger partial charge in [-0.2, -0.15) is 0 Å². The van der Waals surface area contributed by atoms with Crippen molar-refractivity contribution in [1.29, 1.82) is 0 Å². The molecule has 1 atom stereocenters. The van der Waals surface area contributed by atoms with Gasteiger partial charge in [-0.25, -0.2) is 0 Å². The van der Waals surface area contributed by atoms with E-state index in [0.717, 1.165) is 5.56 Å². The van der Waals surface area contributed by atoms with E-state index in [2.05, 4.69) is 0 Å². The van der Waals surface area contributed by atoms with Crippen LogP contribution in [0.15, 0.2) is 30.3 Å². The number of rotatable bonds is 7. The maximum absolute atomic E-state index is 12.3. The van der Waals surface area contributed by atoms with Crippen LogP contribution in [0.25, 0.3) is 0 Å². The van der Waals surface area contributed by atoms with Gasteiger partial charge in [0.1, 0.15) is 0 Å². The SMILES string of the molecule is CC(CC(=O)O)CC(=O)N(Cc1ccccc1)C(C)C. The molecule has 4 nitrogen and oxygen atoms in total. The molecule has 0 spiro atoms. The maximum Gasteiger partial charge on any atom is 0.303 e. The highest BCUT2D eigenvalue weighted by Crippen LogP contribution is 2.15. The number of aliphatic carboxylic acids is 1. The van der Waals surface area contributed by atoms with E-state index in [1.54, 1.807) is 11.8 Å². The van der Waals surface area contributed by atoms with Gasteiger partial charge in [-0.15, -0.1) is 0 Å². The molecule has 0 aliphatic rings. The highest BCUT2D eigenvalue weighted by Gasteiger charge is 2.20. The average molecular weight is 277 g/mol. The zero-order valence-corrected chi connectivity index (χ0v) is 12.4. The maximum atomic E-state index is 12.3. The van der Waals surface area contributed by atoms with Crippen LogP contribution >= 0.6 is 0 Å². The summed E-state index contributed by atoms with van der Waals surface area (Å²) in [4.78, 5) is 24.8. The summed E-state index contributed by atoms with van der Waals surface area (Å²) in [6, 6.07) is 9.92. The summed E-state index contributed by atoms with van der Waals surface area (Å²) < 4.78 is 0. The van der Waals surface area contributed by atoms with Crippen LogP contribution < -0.4 is 0 Å². The van der Waals surface area contributed by atoms with Crippen molar-refractivity contribution in [2.75, 3.05) is 0 Å². The van der Waals surface area contributed by atoms with Crippen molar-refractivity contribution in [2.45, 2.75) is 46.2 Å². The second-order valence-corrected chi connectivity index (χ2v) is 5.51. The lowest BCUT2D eigenvalue weighted by molar-refractivity contribution is -0.139. The van der Waals surface area contributed by atoms with E-state index in [1.807, 2.05) is 44.2 Å². The van der Waals surface area contributed by atoms with Crippen LogP contribution in [0.3, 0.4) is 0 Å². The van der Waals surface area contributed by atoms with Crippen molar-refractivity contribution in [3.63, 3.8) is 0 Å². The van der Waals surface area contributed by atoms with E-state index >= 15 is 0 Å². The molecule has 0 aromatic heterocycles. The molecule has 0 aliphatic heterocycles. The zero-order valence-electron chi connectivity index (χ0n) is 12.4. The Bertz CT molecular complexity index is 442. The third kappa shape index (κ3) is 5.43. The third-order valence-corrected chi connectivity index (χ3v) is 3.19. The predicted octanol–water partition coefficient (Wildman–Crippen LogP) is 2.92. The van der Waals surface area contributed by atoms with Gasteiger partial charge < -0.3 is 10.0 Å². The molecule has 1 N–H and O–H groups in total. The molecule has 4 heteroatoms. The fourth-order valence-corrected chi connectivity index (χ4v) is 2.12. The minimum absolute atomic E-state index is 0.0117. The standard InChI is InChI=1S/C16H23NO3/c1-12(2)17(11-14-7-5-4-6-8-14)15(18)9-13(3)10-16(19)20/h4-8,12-13H,9-11H2,1-3H3,(H,19,20). The molecular formula is C16H23NO3. The molecule has 0 saturated carbocycles. The number of hydrogen-bond acceptors (Lipinski definition) is 2. The second kappa shape index (κ2) is 7.68. The summed E-state index contributed by atoms with van der Waals surface area (Å²) >= 11 is 0. The van der Waals surface area contributed by atoms with Gasteiger partial charge in [-0.05, 0) is 25.3 Å². The topological polar surface area (TPSA) is 57.6 Å². The van der Waals surface area contributed by atoms with Crippen LogP contribution in [0.4, 0.5) is 0 Å². The molecule has 0 radical (unpaired) electrons. The van der Waals surface area contributed by atoms with Gasteiger partial charge in [0.25, 0.3) is 0 Å². The van der Waals surface area contributed by atoms with Crippen LogP contribution in [0.5, 0.6) is 0 Å². The number of carboxylic acid groups (broad SMARTS) is 1. The fourth-order valence-electron chi connectivity index (χ4n) is 2.12. The van der Waals surface area contributed by atoms with E-state index in [-0.39, 0.29) is 30.7 Å². The highest BCUT2D eigenvalue weighted by molar-refractivity contribution is 5.77. The predicted molar refractivity (Wildman–Crippen MR) is 78.2 cm³/mol. The Balaban J connectivity index is 2.66. The Morgan fingerprint density at radius 2 is 1.70 bits per heavy atom. The van der Waals surface area contributed by atoms with Crippen molar-refractivity contribution in [3.05, 3.63) is 35.9 Å². The number of benzene rings is 1. The van der Waals surface area contributed by atoms with E-state index < -0.39 is 5.97 Å². The van der Waals surface area contributed by atoms with Gasteiger partial charge in [-0.1, -0.05) is 37.3 Å². The van der Waals surface area contributed by atoms with E-state index in [1.165, 1.54) is 0 Å². The monoisotopic (exact) mass is 277 g/mol. The van der Waals surface area contributed by atoms with Crippen molar-refractivity contribution >= 4 is 11.9 Å². The Morgan fingerprint density at radius 3 is 2.20 bits per heavy atom. The number of carbonyl (C=O) groups is 2. The molecule has 20 heavy (non-hydrogen) atoms. The van der Waals surface area contributed by atoms with E-state index in [4.69, 9.17) is 5.11 Å². The van der Waals surface area contributed by atoms with Crippen molar-refractivity contribution < 1.29 is 14.7 Å². The summed E-state index contributed by atoms with van der Waals surface area (Å²) in [6.07, 6.45) is 0.306. The summed E-state index contributed by atoms with van der Waals surface area (Å²) in [5, 5.41) is 8.75. The van der Waals surface area contributed by atoms with Gasteiger partial charge in [-0.3, -0.25) is 9.59 Å². The molecule has 0 fully saturated rings. The van der Waals surface area contributed by atoms with Crippen LogP contribution in [0.2, 0.25) is 0 Å². The lowest BCUT2D eigenvalue weighted by Gasteiger charge is -2.28. The van der Waals surface area contributed by atoms with Crippen LogP contribution in [0, 0.1) is 5.92 Å². The molecular weight excluding hydrogens is 254 g/mol. The number of nitrogens with zero attached hydrogens (tertiary/aromatic N) is 1. The molecule has 1 aromatic rings. The summed E-state index contributed by atoms with van der Waals surface area (Å²) in [6.45, 7) is 6.32. The van der Waals surface area contributed by atoms with Crippen molar-refractivity contribution in [1.82, 2.24) is 4.90 Å². The molecule has 1 aromatic carbocycles. The number of amides is 1. The van der Waals surface area contributed by atoms with Crippen molar-refractivity contribution in [2.24, 2.45) is 5.92 Å². The first-order valence-corrected chi connectivity index (χ1v) is 6.95. The summed E-state index contributed by atoms with van der Waals surface area (Å²) in [5.74, 6) is -0.987. The Morgan fingerprint density at radius 1 is 1.10 bits per heavy atom. The number of hydrogen-bond donors (Lipinski definition) is 1. The van der Waals surface area contributed by atoms with Crippen LogP contribution in [-0.4, -0.2) is 27.9 Å². The third-order valence-electron chi connectivity index (χ3n) is 3.19. The largest absolute Gasteiger partial charge is 0.481 e. The lowest BCUT2D eigenvalue weighted by Crippen LogP contribution is -2.37. The Kier molecular flexibility index (Phi) is 6.22. The summed E-state index contributed by atoms with van der Waals surface area (Å²) in [7, 11) is 0. The fraction of sp³-hybridized carbons (Fsp3) is 0.500. The molecule has 1 rings (SSSR count). The van der Waals surface area contributed by atoms with E-state index in [9.17, 15) is 9.59 Å². The second-order valence-electron chi connectivity index (χ2n) is 5.51. The molecule has 0 heterocycles. The first kappa shape index (κ1) is 16.2. The molecule has 1 amide bonds. The molecule has 1 unspecified atom stereocenters. The van der Waals surface area contributed by atoms with Gasteiger partial charge in [0.05, 0.1) is 0 Å². The van der Waals surface area contributed by atoms with Crippen LogP contribution in [-0.2, 0) is 16.1 Å². The zero-order chi connectivity index (χ0) is 15.1. The first-order chi connectivity index (χ1) is 9.40. The van der Waals surface area contributed by atoms with E-state index in [0.29, 0.717) is 6.54 Å². The normalized spacial score (nSPS) is 12.2. The number of carbonyl (C=O) groups excluding carboxylic acids is 1. The van der Waals surface area contributed by atoms with Gasteiger partial charge in [0.15, 0.2) is 0 Å². The molecule has 110 valence electrons. The van der Waals surface area contributed by atoms with Gasteiger partial charge in [0, 0.05) is 25.4 Å².